The maximum Gasteiger partial charge on any atom is 0.343 e. The summed E-state index contributed by atoms with van der Waals surface area (Å²) in [5.74, 6) is -0.581. The number of hydrogen-bond donors (Lipinski definition) is 1. The first-order valence-corrected chi connectivity index (χ1v) is 7.44. The third-order valence-corrected chi connectivity index (χ3v) is 4.19. The lowest BCUT2D eigenvalue weighted by Gasteiger charge is -2.12. The van der Waals surface area contributed by atoms with Crippen LogP contribution in [0, 0.1) is 0 Å². The minimum atomic E-state index is -3.73. The van der Waals surface area contributed by atoms with Gasteiger partial charge in [0.2, 0.25) is 5.91 Å². The zero-order chi connectivity index (χ0) is 15.5. The van der Waals surface area contributed by atoms with E-state index in [1.54, 1.807) is 24.3 Å². The number of benzene rings is 1. The molecule has 0 bridgehead atoms. The molecule has 21 heavy (non-hydrogen) atoms. The zero-order valence-electron chi connectivity index (χ0n) is 11.2. The molecular weight excluding hydrogens is 300 g/mol. The second-order valence-electron chi connectivity index (χ2n) is 4.31. The monoisotopic (exact) mass is 314 g/mol. The van der Waals surface area contributed by atoms with E-state index < -0.39 is 22.1 Å². The van der Waals surface area contributed by atoms with Gasteiger partial charge in [0.1, 0.15) is 5.75 Å². The van der Waals surface area contributed by atoms with Crippen LogP contribution in [0.15, 0.2) is 24.3 Å². The van der Waals surface area contributed by atoms with Gasteiger partial charge < -0.3 is 9.47 Å². The molecule has 0 spiro atoms. The van der Waals surface area contributed by atoms with Crippen LogP contribution >= 0.6 is 0 Å². The molecule has 114 valence electrons. The largest absolute Gasteiger partial charge is 0.482 e. The topological polar surface area (TPSA) is 102 Å². The standard InChI is InChI=1S/C12H14N2O6S/c1-19-12(16)8-20-10-4-2-9(3-5-10)6-14-7-11(15)13-21(14,17)18/h2-5H,6-8H2,1H3,(H,13,15). The van der Waals surface area contributed by atoms with Crippen LogP contribution in [-0.4, -0.2) is 44.9 Å². The van der Waals surface area contributed by atoms with E-state index in [2.05, 4.69) is 4.74 Å². The number of nitrogens with one attached hydrogen (secondary N) is 1. The molecule has 1 heterocycles. The van der Waals surface area contributed by atoms with Gasteiger partial charge in [0.15, 0.2) is 6.61 Å². The summed E-state index contributed by atoms with van der Waals surface area (Å²) in [6.07, 6.45) is 0. The highest BCUT2D eigenvalue weighted by molar-refractivity contribution is 7.88. The van der Waals surface area contributed by atoms with E-state index in [9.17, 15) is 18.0 Å². The highest BCUT2D eigenvalue weighted by Gasteiger charge is 2.33. The van der Waals surface area contributed by atoms with Gasteiger partial charge in [-0.2, -0.15) is 12.7 Å². The third kappa shape index (κ3) is 3.92. The predicted octanol–water partition coefficient (Wildman–Crippen LogP) is -0.585. The molecule has 1 saturated heterocycles. The number of carbonyl (C=O) groups excluding carboxylic acids is 2. The van der Waals surface area contributed by atoms with Crippen molar-refractivity contribution in [2.75, 3.05) is 20.3 Å². The van der Waals surface area contributed by atoms with Gasteiger partial charge in [-0.3, -0.25) is 4.79 Å². The highest BCUT2D eigenvalue weighted by Crippen LogP contribution is 2.16. The summed E-state index contributed by atoms with van der Waals surface area (Å²) in [7, 11) is -2.46. The molecule has 1 amide bonds. The fourth-order valence-corrected chi connectivity index (χ4v) is 2.81. The van der Waals surface area contributed by atoms with Crippen LogP contribution in [0.3, 0.4) is 0 Å². The van der Waals surface area contributed by atoms with Crippen molar-refractivity contribution >= 4 is 22.1 Å². The fourth-order valence-electron chi connectivity index (χ4n) is 1.72. The number of esters is 1. The minimum Gasteiger partial charge on any atom is -0.482 e. The fraction of sp³-hybridized carbons (Fsp3) is 0.333. The molecular formula is C12H14N2O6S. The third-order valence-electron chi connectivity index (χ3n) is 2.77. The average Bonchev–Trinajstić information content (AvgIpc) is 2.70. The first kappa shape index (κ1) is 15.3. The number of amides is 1. The van der Waals surface area contributed by atoms with Crippen molar-refractivity contribution in [1.82, 2.24) is 9.03 Å². The summed E-state index contributed by atoms with van der Waals surface area (Å²) in [5.41, 5.74) is 0.695. The Morgan fingerprint density at radius 3 is 2.52 bits per heavy atom. The molecule has 1 aliphatic heterocycles. The molecule has 0 radical (unpaired) electrons. The van der Waals surface area contributed by atoms with Crippen LogP contribution in [0.1, 0.15) is 5.56 Å². The Hall–Kier alpha value is -2.13. The normalized spacial score (nSPS) is 17.3. The summed E-state index contributed by atoms with van der Waals surface area (Å²) < 4.78 is 35.7. The van der Waals surface area contributed by atoms with Crippen LogP contribution in [0.25, 0.3) is 0 Å². The van der Waals surface area contributed by atoms with Gasteiger partial charge in [0.25, 0.3) is 0 Å². The van der Waals surface area contributed by atoms with Gasteiger partial charge in [-0.25, -0.2) is 9.52 Å². The van der Waals surface area contributed by atoms with Crippen molar-refractivity contribution < 1.29 is 27.5 Å². The highest BCUT2D eigenvalue weighted by atomic mass is 32.2. The van der Waals surface area contributed by atoms with Crippen molar-refractivity contribution in [1.29, 1.82) is 0 Å². The minimum absolute atomic E-state index is 0.0817. The van der Waals surface area contributed by atoms with Crippen LogP contribution in [0.4, 0.5) is 0 Å². The molecule has 8 nitrogen and oxygen atoms in total. The molecule has 0 unspecified atom stereocenters. The van der Waals surface area contributed by atoms with Crippen molar-refractivity contribution in [3.05, 3.63) is 29.8 Å². The Labute approximate surface area is 121 Å². The molecule has 0 saturated carbocycles. The second kappa shape index (κ2) is 6.10. The molecule has 9 heteroatoms. The Morgan fingerprint density at radius 1 is 1.33 bits per heavy atom. The molecule has 2 rings (SSSR count). The van der Waals surface area contributed by atoms with Gasteiger partial charge in [-0.15, -0.1) is 0 Å². The van der Waals surface area contributed by atoms with Crippen LogP contribution < -0.4 is 9.46 Å². The SMILES string of the molecule is COC(=O)COc1ccc(CN2CC(=O)NS2(=O)=O)cc1. The van der Waals surface area contributed by atoms with E-state index in [1.165, 1.54) is 7.11 Å². The van der Waals surface area contributed by atoms with Gasteiger partial charge in [0.05, 0.1) is 13.7 Å². The first-order chi connectivity index (χ1) is 9.90. The molecule has 0 atom stereocenters. The zero-order valence-corrected chi connectivity index (χ0v) is 12.1. The number of ether oxygens (including phenoxy) is 2. The first-order valence-electron chi connectivity index (χ1n) is 6.00. The number of methoxy groups -OCH3 is 1. The number of hydrogen-bond acceptors (Lipinski definition) is 6. The molecule has 1 fully saturated rings. The van der Waals surface area contributed by atoms with E-state index in [0.717, 1.165) is 4.31 Å². The maximum absolute atomic E-state index is 11.6. The van der Waals surface area contributed by atoms with Gasteiger partial charge in [-0.05, 0) is 17.7 Å². The van der Waals surface area contributed by atoms with Gasteiger partial charge >= 0.3 is 16.2 Å². The summed E-state index contributed by atoms with van der Waals surface area (Å²) in [5, 5.41) is 0. The Bertz CT molecular complexity index is 640. The lowest BCUT2D eigenvalue weighted by atomic mass is 10.2. The van der Waals surface area contributed by atoms with Crippen molar-refractivity contribution in [2.24, 2.45) is 0 Å². The summed E-state index contributed by atoms with van der Waals surface area (Å²) in [6, 6.07) is 6.53. The van der Waals surface area contributed by atoms with Gasteiger partial charge in [0, 0.05) is 6.54 Å². The smallest absolute Gasteiger partial charge is 0.343 e. The lowest BCUT2D eigenvalue weighted by Crippen LogP contribution is -2.29. The Kier molecular flexibility index (Phi) is 4.43. The molecule has 0 aromatic heterocycles. The van der Waals surface area contributed by atoms with Crippen molar-refractivity contribution in [2.45, 2.75) is 6.54 Å². The van der Waals surface area contributed by atoms with E-state index in [4.69, 9.17) is 4.74 Å². The van der Waals surface area contributed by atoms with Gasteiger partial charge in [-0.1, -0.05) is 12.1 Å². The Morgan fingerprint density at radius 2 is 2.00 bits per heavy atom. The maximum atomic E-state index is 11.6. The lowest BCUT2D eigenvalue weighted by molar-refractivity contribution is -0.142. The van der Waals surface area contributed by atoms with E-state index in [0.29, 0.717) is 11.3 Å². The van der Waals surface area contributed by atoms with E-state index in [1.807, 2.05) is 4.72 Å². The van der Waals surface area contributed by atoms with Crippen molar-refractivity contribution in [3.63, 3.8) is 0 Å². The second-order valence-corrected chi connectivity index (χ2v) is 5.98. The molecule has 1 aliphatic rings. The average molecular weight is 314 g/mol. The van der Waals surface area contributed by atoms with Crippen LogP contribution in [0.5, 0.6) is 5.75 Å². The Balaban J connectivity index is 1.97. The van der Waals surface area contributed by atoms with Crippen molar-refractivity contribution in [3.8, 4) is 5.75 Å². The quantitative estimate of drug-likeness (QED) is 0.729. The van der Waals surface area contributed by atoms with E-state index >= 15 is 0 Å². The molecule has 1 aromatic rings. The van der Waals surface area contributed by atoms with Crippen LogP contribution in [0.2, 0.25) is 0 Å². The summed E-state index contributed by atoms with van der Waals surface area (Å²) >= 11 is 0. The number of carbonyl (C=O) groups is 2. The molecule has 0 aliphatic carbocycles. The predicted molar refractivity (Wildman–Crippen MR) is 71.4 cm³/mol. The number of rotatable bonds is 5. The molecule has 1 N–H and O–H groups in total. The summed E-state index contributed by atoms with van der Waals surface area (Å²) in [4.78, 5) is 22.0. The molecule has 1 aromatic carbocycles. The summed E-state index contributed by atoms with van der Waals surface area (Å²) in [6.45, 7) is -0.309. The van der Waals surface area contributed by atoms with Crippen LogP contribution in [-0.2, 0) is 31.1 Å². The van der Waals surface area contributed by atoms with E-state index in [-0.39, 0.29) is 19.7 Å². The number of nitrogens with zero attached hydrogens (tertiary/aromatic N) is 1.